The molecule has 3 aromatic rings. The molecule has 28 heavy (non-hydrogen) atoms. The third-order valence-electron chi connectivity index (χ3n) is 3.82. The van der Waals surface area contributed by atoms with Crippen molar-refractivity contribution in [2.45, 2.75) is 0 Å². The lowest BCUT2D eigenvalue weighted by Crippen LogP contribution is -2.16. The van der Waals surface area contributed by atoms with E-state index in [4.69, 9.17) is 5.11 Å². The van der Waals surface area contributed by atoms with E-state index in [2.05, 4.69) is 4.98 Å². The molecule has 3 rings (SSSR count). The van der Waals surface area contributed by atoms with Crippen molar-refractivity contribution in [3.63, 3.8) is 0 Å². The lowest BCUT2D eigenvalue weighted by molar-refractivity contribution is 0.0686. The van der Waals surface area contributed by atoms with Gasteiger partial charge in [-0.25, -0.2) is 31.3 Å². The number of aromatic carboxylic acids is 1. The number of aromatic nitrogens is 1. The number of anilines is 2. The van der Waals surface area contributed by atoms with Gasteiger partial charge in [0.1, 0.15) is 17.2 Å². The fourth-order valence-electron chi connectivity index (χ4n) is 2.60. The molecule has 0 aliphatic carbocycles. The van der Waals surface area contributed by atoms with Gasteiger partial charge in [0.25, 0.3) is 0 Å². The largest absolute Gasteiger partial charge is 0.477 e. The molecule has 10 heteroatoms. The number of pyridine rings is 1. The Morgan fingerprint density at radius 3 is 2.00 bits per heavy atom. The van der Waals surface area contributed by atoms with Crippen LogP contribution in [-0.2, 0) is 10.9 Å². The van der Waals surface area contributed by atoms with E-state index < -0.39 is 45.7 Å². The van der Waals surface area contributed by atoms with Crippen LogP contribution >= 0.6 is 0 Å². The summed E-state index contributed by atoms with van der Waals surface area (Å²) in [5.74, 6) is -5.31. The Morgan fingerprint density at radius 1 is 0.893 bits per heavy atom. The normalized spacial score (nSPS) is 10.9. The zero-order valence-electron chi connectivity index (χ0n) is 13.8. The number of rotatable bonds is 5. The summed E-state index contributed by atoms with van der Waals surface area (Å²) >= 11 is 0. The van der Waals surface area contributed by atoms with Crippen LogP contribution in [0.2, 0.25) is 0 Å². The van der Waals surface area contributed by atoms with E-state index in [0.717, 1.165) is 0 Å². The molecular weight excluding hydrogens is 397 g/mol. The third kappa shape index (κ3) is 3.81. The lowest BCUT2D eigenvalue weighted by atomic mass is 10.1. The molecule has 2 aromatic carbocycles. The molecule has 1 N–H and O–H groups in total. The Bertz CT molecular complexity index is 1100. The highest BCUT2D eigenvalue weighted by atomic mass is 32.2. The number of carboxylic acids is 1. The number of carbonyl (C=O) groups is 1. The maximum Gasteiger partial charge on any atom is 0.341 e. The van der Waals surface area contributed by atoms with Crippen LogP contribution in [0.5, 0.6) is 0 Å². The lowest BCUT2D eigenvalue weighted by Gasteiger charge is -2.19. The van der Waals surface area contributed by atoms with Gasteiger partial charge in [-0.05, 0) is 41.5 Å². The van der Waals surface area contributed by atoms with Gasteiger partial charge in [-0.3, -0.25) is 0 Å². The number of hydrogen-bond acceptors (Lipinski definition) is 4. The van der Waals surface area contributed by atoms with E-state index in [1.165, 1.54) is 36.5 Å². The van der Waals surface area contributed by atoms with Crippen LogP contribution in [-0.4, -0.2) is 24.5 Å². The molecule has 0 unspecified atom stereocenters. The van der Waals surface area contributed by atoms with E-state index in [1.807, 2.05) is 0 Å². The van der Waals surface area contributed by atoms with Crippen LogP contribution in [0.1, 0.15) is 10.4 Å². The average Bonchev–Trinajstić information content (AvgIpc) is 2.61. The van der Waals surface area contributed by atoms with Crippen LogP contribution in [0.4, 0.5) is 24.5 Å². The van der Waals surface area contributed by atoms with E-state index in [9.17, 15) is 26.4 Å². The van der Waals surface area contributed by atoms with Crippen LogP contribution in [0.25, 0.3) is 11.1 Å². The van der Waals surface area contributed by atoms with E-state index in [0.29, 0.717) is 27.6 Å². The van der Waals surface area contributed by atoms with Crippen molar-refractivity contribution in [2.75, 3.05) is 4.31 Å². The smallest absolute Gasteiger partial charge is 0.341 e. The zero-order valence-corrected chi connectivity index (χ0v) is 14.7. The van der Waals surface area contributed by atoms with Crippen molar-refractivity contribution in [3.8, 4) is 11.1 Å². The van der Waals surface area contributed by atoms with E-state index in [-0.39, 0.29) is 5.69 Å². The monoisotopic (exact) mass is 408 g/mol. The summed E-state index contributed by atoms with van der Waals surface area (Å²) in [7, 11) is -3.35. The second-order valence-electron chi connectivity index (χ2n) is 5.55. The maximum absolute atomic E-state index is 13.9. The molecule has 0 aliphatic heterocycles. The molecule has 0 aliphatic rings. The van der Waals surface area contributed by atoms with Crippen molar-refractivity contribution in [3.05, 3.63) is 77.9 Å². The average molecular weight is 408 g/mol. The van der Waals surface area contributed by atoms with E-state index in [1.54, 1.807) is 6.07 Å². The fraction of sp³-hybridized carbons (Fsp3) is 0. The molecule has 0 saturated heterocycles. The molecular formula is C18H11F3N2O4S. The molecule has 1 heterocycles. The molecule has 144 valence electrons. The van der Waals surface area contributed by atoms with Gasteiger partial charge in [-0.1, -0.05) is 12.1 Å². The van der Waals surface area contributed by atoms with Gasteiger partial charge in [0.05, 0.1) is 11.4 Å². The number of nitrogens with zero attached hydrogens (tertiary/aromatic N) is 2. The van der Waals surface area contributed by atoms with Gasteiger partial charge in [0.2, 0.25) is 16.8 Å². The predicted octanol–water partition coefficient (Wildman–Crippen LogP) is 3.53. The minimum Gasteiger partial charge on any atom is -0.477 e. The Labute approximate surface area is 158 Å². The molecule has 0 radical (unpaired) electrons. The second-order valence-corrected chi connectivity index (χ2v) is 6.43. The molecule has 0 atom stereocenters. The summed E-state index contributed by atoms with van der Waals surface area (Å²) in [6.45, 7) is 0. The predicted molar refractivity (Wildman–Crippen MR) is 95.4 cm³/mol. The fourth-order valence-corrected chi connectivity index (χ4v) is 3.23. The van der Waals surface area contributed by atoms with Crippen LogP contribution in [0, 0.1) is 17.6 Å². The summed E-state index contributed by atoms with van der Waals surface area (Å²) < 4.78 is 65.1. The van der Waals surface area contributed by atoms with Gasteiger partial charge >= 0.3 is 5.97 Å². The number of hydrogen-bond donors (Lipinski definition) is 2. The molecule has 0 bridgehead atoms. The Kier molecular flexibility index (Phi) is 5.32. The first kappa shape index (κ1) is 19.4. The summed E-state index contributed by atoms with van der Waals surface area (Å²) in [6.07, 6.45) is 1.27. The molecule has 6 nitrogen and oxygen atoms in total. The van der Waals surface area contributed by atoms with Crippen molar-refractivity contribution in [2.24, 2.45) is 0 Å². The number of carboxylic acid groups (broad SMARTS) is 1. The van der Waals surface area contributed by atoms with Gasteiger partial charge < -0.3 is 5.11 Å². The van der Waals surface area contributed by atoms with Gasteiger partial charge in [-0.15, -0.1) is 0 Å². The Morgan fingerprint density at radius 2 is 1.50 bits per heavy atom. The SMILES string of the molecule is O=C(O)c1c(F)cc(N(c2ccc(-c3ccnc(F)c3)cc2)[SH](=O)=O)cc1F. The highest BCUT2D eigenvalue weighted by Crippen LogP contribution is 2.31. The number of halogens is 3. The number of benzene rings is 2. The Balaban J connectivity index is 2.03. The summed E-state index contributed by atoms with van der Waals surface area (Å²) in [4.78, 5) is 14.3. The van der Waals surface area contributed by atoms with Gasteiger partial charge in [0.15, 0.2) is 0 Å². The topological polar surface area (TPSA) is 87.6 Å². The maximum atomic E-state index is 13.9. The molecule has 0 spiro atoms. The standard InChI is InChI=1S/C18H11F3N2O4S/c19-14-8-13(9-15(20)17(14)18(24)25)23(28(26)27)12-3-1-10(2-4-12)11-5-6-22-16(21)7-11/h1-9,28H,(H,24,25). The van der Waals surface area contributed by atoms with Gasteiger partial charge in [-0.2, -0.15) is 4.39 Å². The first-order valence-electron chi connectivity index (χ1n) is 7.66. The molecule has 1 aromatic heterocycles. The highest BCUT2D eigenvalue weighted by molar-refractivity contribution is 7.74. The zero-order chi connectivity index (χ0) is 20.4. The molecule has 0 fully saturated rings. The minimum absolute atomic E-state index is 0.0521. The summed E-state index contributed by atoms with van der Waals surface area (Å²) in [6, 6.07) is 9.69. The second kappa shape index (κ2) is 7.69. The first-order chi connectivity index (χ1) is 13.3. The molecule has 0 saturated carbocycles. The van der Waals surface area contributed by atoms with Crippen LogP contribution in [0.15, 0.2) is 54.7 Å². The van der Waals surface area contributed by atoms with Crippen molar-refractivity contribution >= 4 is 28.2 Å². The first-order valence-corrected chi connectivity index (χ1v) is 8.79. The quantitative estimate of drug-likeness (QED) is 0.498. The minimum atomic E-state index is -3.35. The van der Waals surface area contributed by atoms with Crippen molar-refractivity contribution < 1.29 is 31.5 Å². The summed E-state index contributed by atoms with van der Waals surface area (Å²) in [5, 5.41) is 8.82. The number of thiol groups is 1. The van der Waals surface area contributed by atoms with E-state index >= 15 is 0 Å². The van der Waals surface area contributed by atoms with Crippen molar-refractivity contribution in [1.82, 2.24) is 4.98 Å². The van der Waals surface area contributed by atoms with Crippen molar-refractivity contribution in [1.29, 1.82) is 0 Å². The van der Waals surface area contributed by atoms with Gasteiger partial charge in [0, 0.05) is 12.3 Å². The van der Waals surface area contributed by atoms with Crippen LogP contribution < -0.4 is 4.31 Å². The highest BCUT2D eigenvalue weighted by Gasteiger charge is 2.21. The summed E-state index contributed by atoms with van der Waals surface area (Å²) in [5.41, 5.74) is -0.473. The van der Waals surface area contributed by atoms with Crippen LogP contribution in [0.3, 0.4) is 0 Å². The molecule has 0 amide bonds. The third-order valence-corrected chi connectivity index (χ3v) is 4.61. The Hall–Kier alpha value is -3.40.